The number of carbonyl (C=O) groups is 1. The molecule has 0 amide bonds. The van der Waals surface area contributed by atoms with E-state index in [1.165, 1.54) is 19.3 Å². The van der Waals surface area contributed by atoms with E-state index in [0.29, 0.717) is 12.3 Å². The first-order valence-corrected chi connectivity index (χ1v) is 4.99. The van der Waals surface area contributed by atoms with Crippen molar-refractivity contribution in [2.75, 3.05) is 0 Å². The van der Waals surface area contributed by atoms with Gasteiger partial charge in [-0.05, 0) is 37.5 Å². The zero-order valence-corrected chi connectivity index (χ0v) is 7.58. The van der Waals surface area contributed by atoms with E-state index in [9.17, 15) is 4.79 Å². The molecule has 2 bridgehead atoms. The fraction of sp³-hybridized carbons (Fsp3) is 0.900. The molecule has 2 aliphatic carbocycles. The second-order valence-corrected chi connectivity index (χ2v) is 4.06. The molecule has 2 nitrogen and oxygen atoms in total. The molecule has 2 heteroatoms. The quantitative estimate of drug-likeness (QED) is 0.590. The first kappa shape index (κ1) is 8.09. The smallest absolute Gasteiger partial charge is 0.305 e. The zero-order valence-electron chi connectivity index (χ0n) is 7.58. The molecule has 0 saturated heterocycles. The summed E-state index contributed by atoms with van der Waals surface area (Å²) in [7, 11) is 0. The molecule has 12 heavy (non-hydrogen) atoms. The van der Waals surface area contributed by atoms with E-state index in [4.69, 9.17) is 4.74 Å². The highest BCUT2D eigenvalue weighted by Gasteiger charge is 2.41. The van der Waals surface area contributed by atoms with Crippen molar-refractivity contribution in [3.63, 3.8) is 0 Å². The minimum Gasteiger partial charge on any atom is -0.462 e. The number of hydrogen-bond donors (Lipinski definition) is 0. The van der Waals surface area contributed by atoms with Crippen LogP contribution in [0, 0.1) is 11.8 Å². The lowest BCUT2D eigenvalue weighted by molar-refractivity contribution is -0.151. The summed E-state index contributed by atoms with van der Waals surface area (Å²) in [4.78, 5) is 11.0. The van der Waals surface area contributed by atoms with E-state index in [1.54, 1.807) is 0 Å². The topological polar surface area (TPSA) is 26.3 Å². The van der Waals surface area contributed by atoms with Crippen LogP contribution in [0.5, 0.6) is 0 Å². The van der Waals surface area contributed by atoms with E-state index in [-0.39, 0.29) is 12.1 Å². The molecule has 0 heterocycles. The third-order valence-electron chi connectivity index (χ3n) is 3.24. The van der Waals surface area contributed by atoms with Gasteiger partial charge in [0.25, 0.3) is 0 Å². The summed E-state index contributed by atoms with van der Waals surface area (Å²) in [5.41, 5.74) is 0. The SMILES string of the molecule is CCC(=O)OC1CC2CCC1C2. The Bertz CT molecular complexity index is 188. The summed E-state index contributed by atoms with van der Waals surface area (Å²) in [5, 5.41) is 0. The van der Waals surface area contributed by atoms with Crippen molar-refractivity contribution in [2.45, 2.75) is 45.1 Å². The van der Waals surface area contributed by atoms with Gasteiger partial charge in [-0.3, -0.25) is 4.79 Å². The van der Waals surface area contributed by atoms with Crippen molar-refractivity contribution in [3.05, 3.63) is 0 Å². The Morgan fingerprint density at radius 2 is 2.25 bits per heavy atom. The van der Waals surface area contributed by atoms with Crippen molar-refractivity contribution in [2.24, 2.45) is 11.8 Å². The van der Waals surface area contributed by atoms with Crippen molar-refractivity contribution >= 4 is 5.97 Å². The minimum atomic E-state index is -0.0208. The van der Waals surface area contributed by atoms with Gasteiger partial charge in [-0.2, -0.15) is 0 Å². The number of ether oxygens (including phenoxy) is 1. The van der Waals surface area contributed by atoms with Crippen LogP contribution in [0.4, 0.5) is 0 Å². The van der Waals surface area contributed by atoms with Crippen LogP contribution in [0.3, 0.4) is 0 Å². The lowest BCUT2D eigenvalue weighted by Crippen LogP contribution is -2.23. The van der Waals surface area contributed by atoms with Crippen LogP contribution in [0.1, 0.15) is 39.0 Å². The van der Waals surface area contributed by atoms with Gasteiger partial charge in [-0.25, -0.2) is 0 Å². The highest BCUT2D eigenvalue weighted by atomic mass is 16.5. The predicted molar refractivity (Wildman–Crippen MR) is 45.6 cm³/mol. The average molecular weight is 168 g/mol. The summed E-state index contributed by atoms with van der Waals surface area (Å²) in [6, 6.07) is 0. The number of hydrogen-bond acceptors (Lipinski definition) is 2. The lowest BCUT2D eigenvalue weighted by Gasteiger charge is -2.21. The number of rotatable bonds is 2. The largest absolute Gasteiger partial charge is 0.462 e. The maximum atomic E-state index is 11.0. The summed E-state index contributed by atoms with van der Waals surface area (Å²) in [6.07, 6.45) is 5.89. The molecule has 3 atom stereocenters. The lowest BCUT2D eigenvalue weighted by atomic mass is 9.98. The highest BCUT2D eigenvalue weighted by Crippen LogP contribution is 2.45. The first-order chi connectivity index (χ1) is 5.79. The summed E-state index contributed by atoms with van der Waals surface area (Å²) in [5.74, 6) is 1.54. The maximum Gasteiger partial charge on any atom is 0.305 e. The molecule has 0 aromatic carbocycles. The molecular weight excluding hydrogens is 152 g/mol. The van der Waals surface area contributed by atoms with Gasteiger partial charge in [-0.1, -0.05) is 6.92 Å². The van der Waals surface area contributed by atoms with E-state index in [1.807, 2.05) is 6.92 Å². The van der Waals surface area contributed by atoms with E-state index < -0.39 is 0 Å². The van der Waals surface area contributed by atoms with Gasteiger partial charge in [0.15, 0.2) is 0 Å². The number of fused-ring (bicyclic) bond motifs is 2. The predicted octanol–water partition coefficient (Wildman–Crippen LogP) is 2.13. The minimum absolute atomic E-state index is 0.0208. The van der Waals surface area contributed by atoms with Crippen LogP contribution in [-0.4, -0.2) is 12.1 Å². The fourth-order valence-electron chi connectivity index (χ4n) is 2.58. The molecule has 2 rings (SSSR count). The summed E-state index contributed by atoms with van der Waals surface area (Å²) >= 11 is 0. The van der Waals surface area contributed by atoms with Crippen molar-refractivity contribution in [1.82, 2.24) is 0 Å². The molecular formula is C10H16O2. The molecule has 0 spiro atoms. The van der Waals surface area contributed by atoms with E-state index in [0.717, 1.165) is 12.3 Å². The molecule has 2 saturated carbocycles. The second-order valence-electron chi connectivity index (χ2n) is 4.06. The molecule has 0 aromatic heterocycles. The van der Waals surface area contributed by atoms with Crippen molar-refractivity contribution < 1.29 is 9.53 Å². The van der Waals surface area contributed by atoms with Crippen LogP contribution in [0.15, 0.2) is 0 Å². The summed E-state index contributed by atoms with van der Waals surface area (Å²) < 4.78 is 5.36. The fourth-order valence-corrected chi connectivity index (χ4v) is 2.58. The van der Waals surface area contributed by atoms with Crippen molar-refractivity contribution in [1.29, 1.82) is 0 Å². The normalized spacial score (nSPS) is 38.6. The van der Waals surface area contributed by atoms with Crippen LogP contribution in [0.2, 0.25) is 0 Å². The van der Waals surface area contributed by atoms with Gasteiger partial charge in [0.2, 0.25) is 0 Å². The molecule has 3 unspecified atom stereocenters. The van der Waals surface area contributed by atoms with Gasteiger partial charge in [0.1, 0.15) is 6.10 Å². The maximum absolute atomic E-state index is 11.0. The van der Waals surface area contributed by atoms with Crippen LogP contribution >= 0.6 is 0 Å². The van der Waals surface area contributed by atoms with Gasteiger partial charge < -0.3 is 4.74 Å². The zero-order chi connectivity index (χ0) is 8.55. The molecule has 68 valence electrons. The van der Waals surface area contributed by atoms with E-state index in [2.05, 4.69) is 0 Å². The van der Waals surface area contributed by atoms with Crippen LogP contribution < -0.4 is 0 Å². The first-order valence-electron chi connectivity index (χ1n) is 4.99. The Morgan fingerprint density at radius 1 is 1.42 bits per heavy atom. The third-order valence-corrected chi connectivity index (χ3v) is 3.24. The van der Waals surface area contributed by atoms with Gasteiger partial charge in [-0.15, -0.1) is 0 Å². The average Bonchev–Trinajstić information content (AvgIpc) is 2.64. The van der Waals surface area contributed by atoms with Gasteiger partial charge >= 0.3 is 5.97 Å². The molecule has 0 aromatic rings. The molecule has 0 aliphatic heterocycles. The monoisotopic (exact) mass is 168 g/mol. The van der Waals surface area contributed by atoms with Gasteiger partial charge in [0, 0.05) is 6.42 Å². The second kappa shape index (κ2) is 3.08. The Morgan fingerprint density at radius 3 is 2.75 bits per heavy atom. The van der Waals surface area contributed by atoms with Crippen molar-refractivity contribution in [3.8, 4) is 0 Å². The van der Waals surface area contributed by atoms with E-state index >= 15 is 0 Å². The molecule has 2 fully saturated rings. The summed E-state index contributed by atoms with van der Waals surface area (Å²) in [6.45, 7) is 1.86. The molecule has 0 radical (unpaired) electrons. The van der Waals surface area contributed by atoms with Crippen LogP contribution in [0.25, 0.3) is 0 Å². The Kier molecular flexibility index (Phi) is 2.07. The van der Waals surface area contributed by atoms with Crippen LogP contribution in [-0.2, 0) is 9.53 Å². The standard InChI is InChI=1S/C10H16O2/c1-2-10(11)12-9-6-7-3-4-8(9)5-7/h7-9H,2-6H2,1H3. The Labute approximate surface area is 73.3 Å². The Balaban J connectivity index is 1.86. The highest BCUT2D eigenvalue weighted by molar-refractivity contribution is 5.69. The number of esters is 1. The third kappa shape index (κ3) is 1.35. The molecule has 0 N–H and O–H groups in total. The Hall–Kier alpha value is -0.530. The van der Waals surface area contributed by atoms with Gasteiger partial charge in [0.05, 0.1) is 0 Å². The number of carbonyl (C=O) groups excluding carboxylic acids is 1. The molecule has 2 aliphatic rings.